The molecule has 1 N–H and O–H groups in total. The van der Waals surface area contributed by atoms with Crippen LogP contribution in [0, 0.1) is 18.3 Å². The van der Waals surface area contributed by atoms with Crippen LogP contribution < -0.4 is 10.1 Å². The largest absolute Gasteiger partial charge is 0.493 e. The molecule has 0 radical (unpaired) electrons. The second-order valence-electron chi connectivity index (χ2n) is 6.25. The van der Waals surface area contributed by atoms with Gasteiger partial charge < -0.3 is 10.1 Å². The molecule has 19 heavy (non-hydrogen) atoms. The molecule has 0 atom stereocenters. The Labute approximate surface area is 114 Å². The number of ether oxygens (including phenoxy) is 1. The number of carbonyl (C=O) groups is 1. The lowest BCUT2D eigenvalue weighted by Gasteiger charge is -2.13. The molecule has 102 valence electrons. The molecular formula is C16H21NO2. The molecular weight excluding hydrogens is 238 g/mol. The topological polar surface area (TPSA) is 38.3 Å². The van der Waals surface area contributed by atoms with Crippen molar-refractivity contribution in [2.75, 3.05) is 11.9 Å². The summed E-state index contributed by atoms with van der Waals surface area (Å²) in [6, 6.07) is 5.88. The zero-order valence-corrected chi connectivity index (χ0v) is 11.7. The first-order valence-electron chi connectivity index (χ1n) is 7.12. The Kier molecular flexibility index (Phi) is 3.00. The van der Waals surface area contributed by atoms with Gasteiger partial charge in [-0.05, 0) is 62.3 Å². The molecule has 0 aromatic heterocycles. The van der Waals surface area contributed by atoms with E-state index in [0.29, 0.717) is 0 Å². The van der Waals surface area contributed by atoms with Crippen LogP contribution in [0.2, 0.25) is 0 Å². The van der Waals surface area contributed by atoms with E-state index in [0.717, 1.165) is 42.4 Å². The first kappa shape index (κ1) is 12.5. The molecule has 2 aliphatic carbocycles. The molecule has 3 nitrogen and oxygen atoms in total. The van der Waals surface area contributed by atoms with Crippen molar-refractivity contribution in [1.29, 1.82) is 0 Å². The van der Waals surface area contributed by atoms with Gasteiger partial charge >= 0.3 is 0 Å². The van der Waals surface area contributed by atoms with Crippen molar-refractivity contribution in [1.82, 2.24) is 0 Å². The van der Waals surface area contributed by atoms with Crippen molar-refractivity contribution < 1.29 is 9.53 Å². The number of amides is 1. The molecule has 0 spiro atoms. The monoisotopic (exact) mass is 259 g/mol. The average molecular weight is 259 g/mol. The maximum Gasteiger partial charge on any atom is 0.230 e. The summed E-state index contributed by atoms with van der Waals surface area (Å²) >= 11 is 0. The van der Waals surface area contributed by atoms with Gasteiger partial charge in [0.1, 0.15) is 5.75 Å². The van der Waals surface area contributed by atoms with E-state index >= 15 is 0 Å². The number of carbonyl (C=O) groups excluding carboxylic acids is 1. The first-order valence-corrected chi connectivity index (χ1v) is 7.12. The van der Waals surface area contributed by atoms with Crippen LogP contribution in [0.5, 0.6) is 5.75 Å². The number of hydrogen-bond donors (Lipinski definition) is 1. The summed E-state index contributed by atoms with van der Waals surface area (Å²) in [4.78, 5) is 12.0. The Morgan fingerprint density at radius 3 is 2.74 bits per heavy atom. The molecule has 0 heterocycles. The van der Waals surface area contributed by atoms with Crippen molar-refractivity contribution in [3.63, 3.8) is 0 Å². The highest BCUT2D eigenvalue weighted by Crippen LogP contribution is 2.45. The van der Waals surface area contributed by atoms with Gasteiger partial charge in [-0.3, -0.25) is 4.79 Å². The van der Waals surface area contributed by atoms with E-state index in [-0.39, 0.29) is 11.3 Å². The van der Waals surface area contributed by atoms with Gasteiger partial charge in [0.2, 0.25) is 5.91 Å². The van der Waals surface area contributed by atoms with Crippen LogP contribution in [0.3, 0.4) is 0 Å². The van der Waals surface area contributed by atoms with Gasteiger partial charge in [0.05, 0.1) is 6.61 Å². The molecule has 1 aromatic rings. The minimum absolute atomic E-state index is 0.130. The summed E-state index contributed by atoms with van der Waals surface area (Å²) in [6.45, 7) is 4.86. The van der Waals surface area contributed by atoms with Gasteiger partial charge in [-0.1, -0.05) is 6.92 Å². The highest BCUT2D eigenvalue weighted by molar-refractivity contribution is 5.96. The Morgan fingerprint density at radius 1 is 1.42 bits per heavy atom. The van der Waals surface area contributed by atoms with Gasteiger partial charge in [-0.15, -0.1) is 0 Å². The van der Waals surface area contributed by atoms with Crippen LogP contribution in [-0.2, 0) is 4.79 Å². The zero-order valence-electron chi connectivity index (χ0n) is 11.7. The van der Waals surface area contributed by atoms with Crippen molar-refractivity contribution >= 4 is 11.6 Å². The molecule has 2 fully saturated rings. The maximum absolute atomic E-state index is 12.0. The molecule has 0 aliphatic heterocycles. The fourth-order valence-electron chi connectivity index (χ4n) is 2.08. The quantitative estimate of drug-likeness (QED) is 0.878. The Hall–Kier alpha value is -1.51. The highest BCUT2D eigenvalue weighted by Gasteiger charge is 2.44. The predicted octanol–water partition coefficient (Wildman–Crippen LogP) is 3.52. The van der Waals surface area contributed by atoms with E-state index in [1.54, 1.807) is 0 Å². The zero-order chi connectivity index (χ0) is 13.5. The molecule has 1 amide bonds. The molecule has 2 aliphatic rings. The van der Waals surface area contributed by atoms with Crippen molar-refractivity contribution in [2.45, 2.75) is 39.5 Å². The smallest absolute Gasteiger partial charge is 0.230 e. The molecule has 0 bridgehead atoms. The second kappa shape index (κ2) is 4.55. The van der Waals surface area contributed by atoms with E-state index in [1.165, 1.54) is 12.8 Å². The molecule has 1 aromatic carbocycles. The van der Waals surface area contributed by atoms with Gasteiger partial charge in [-0.25, -0.2) is 0 Å². The minimum atomic E-state index is -0.130. The fourth-order valence-corrected chi connectivity index (χ4v) is 2.08. The summed E-state index contributed by atoms with van der Waals surface area (Å²) in [5.74, 6) is 1.83. The number of hydrogen-bond acceptors (Lipinski definition) is 2. The Morgan fingerprint density at radius 2 is 2.16 bits per heavy atom. The van der Waals surface area contributed by atoms with E-state index in [1.807, 2.05) is 32.0 Å². The van der Waals surface area contributed by atoms with E-state index in [4.69, 9.17) is 4.74 Å². The summed E-state index contributed by atoms with van der Waals surface area (Å²) in [5.41, 5.74) is 1.82. The number of aryl methyl sites for hydroxylation is 1. The normalized spacial score (nSPS) is 19.9. The van der Waals surface area contributed by atoms with E-state index in [2.05, 4.69) is 5.32 Å². The standard InChI is InChI=1S/C16H21NO2/c1-11-9-13(17-15(18)16(2)7-8-16)5-6-14(11)19-10-12-3-4-12/h5-6,9,12H,3-4,7-8,10H2,1-2H3,(H,17,18). The van der Waals surface area contributed by atoms with Crippen LogP contribution in [0.1, 0.15) is 38.2 Å². The molecule has 0 unspecified atom stereocenters. The molecule has 3 rings (SSSR count). The van der Waals surface area contributed by atoms with Crippen LogP contribution >= 0.6 is 0 Å². The number of rotatable bonds is 5. The third kappa shape index (κ3) is 2.91. The Balaban J connectivity index is 1.62. The minimum Gasteiger partial charge on any atom is -0.493 e. The first-order chi connectivity index (χ1) is 9.07. The lowest BCUT2D eigenvalue weighted by atomic mass is 10.1. The summed E-state index contributed by atoms with van der Waals surface area (Å²) < 4.78 is 5.79. The molecule has 2 saturated carbocycles. The van der Waals surface area contributed by atoms with Gasteiger partial charge in [0.25, 0.3) is 0 Å². The number of anilines is 1. The Bertz CT molecular complexity index is 501. The van der Waals surface area contributed by atoms with Gasteiger partial charge in [0, 0.05) is 11.1 Å². The lowest BCUT2D eigenvalue weighted by molar-refractivity contribution is -0.120. The van der Waals surface area contributed by atoms with E-state index < -0.39 is 0 Å². The van der Waals surface area contributed by atoms with Gasteiger partial charge in [0.15, 0.2) is 0 Å². The van der Waals surface area contributed by atoms with Crippen LogP contribution in [0.25, 0.3) is 0 Å². The predicted molar refractivity (Wildman–Crippen MR) is 75.4 cm³/mol. The third-order valence-corrected chi connectivity index (χ3v) is 4.15. The van der Waals surface area contributed by atoms with Gasteiger partial charge in [-0.2, -0.15) is 0 Å². The summed E-state index contributed by atoms with van der Waals surface area (Å²) in [6.07, 6.45) is 4.60. The fraction of sp³-hybridized carbons (Fsp3) is 0.562. The van der Waals surface area contributed by atoms with Crippen molar-refractivity contribution in [3.05, 3.63) is 23.8 Å². The summed E-state index contributed by atoms with van der Waals surface area (Å²) in [5, 5.41) is 3.00. The second-order valence-corrected chi connectivity index (χ2v) is 6.25. The number of benzene rings is 1. The van der Waals surface area contributed by atoms with Crippen LogP contribution in [0.4, 0.5) is 5.69 Å². The van der Waals surface area contributed by atoms with E-state index in [9.17, 15) is 4.79 Å². The average Bonchev–Trinajstić information content (AvgIpc) is 3.25. The van der Waals surface area contributed by atoms with Crippen molar-refractivity contribution in [2.24, 2.45) is 11.3 Å². The van der Waals surface area contributed by atoms with Crippen LogP contribution in [0.15, 0.2) is 18.2 Å². The SMILES string of the molecule is Cc1cc(NC(=O)C2(C)CC2)ccc1OCC1CC1. The number of nitrogens with one attached hydrogen (secondary N) is 1. The van der Waals surface area contributed by atoms with Crippen LogP contribution in [-0.4, -0.2) is 12.5 Å². The maximum atomic E-state index is 12.0. The third-order valence-electron chi connectivity index (χ3n) is 4.15. The molecule has 0 saturated heterocycles. The van der Waals surface area contributed by atoms with Crippen molar-refractivity contribution in [3.8, 4) is 5.75 Å². The summed E-state index contributed by atoms with van der Waals surface area (Å²) in [7, 11) is 0. The lowest BCUT2D eigenvalue weighted by Crippen LogP contribution is -2.21. The highest BCUT2D eigenvalue weighted by atomic mass is 16.5. The molecule has 3 heteroatoms.